The van der Waals surface area contributed by atoms with E-state index in [2.05, 4.69) is 15.3 Å². The molecule has 0 amide bonds. The molecule has 94 valence electrons. The highest BCUT2D eigenvalue weighted by Gasteiger charge is 2.09. The lowest BCUT2D eigenvalue weighted by Gasteiger charge is -2.03. The zero-order valence-electron chi connectivity index (χ0n) is 9.91. The maximum atomic E-state index is 11.6. The Morgan fingerprint density at radius 3 is 3.00 bits per heavy atom. The largest absolute Gasteiger partial charge is 0.462 e. The van der Waals surface area contributed by atoms with Gasteiger partial charge in [0.15, 0.2) is 0 Å². The first-order valence-corrected chi connectivity index (χ1v) is 5.48. The summed E-state index contributed by atoms with van der Waals surface area (Å²) in [7, 11) is 0. The number of aromatic nitrogens is 4. The third-order valence-electron chi connectivity index (χ3n) is 2.25. The van der Waals surface area contributed by atoms with E-state index in [1.807, 2.05) is 0 Å². The number of rotatable bonds is 4. The minimum Gasteiger partial charge on any atom is -0.462 e. The maximum absolute atomic E-state index is 11.6. The average Bonchev–Trinajstić information content (AvgIpc) is 2.88. The van der Waals surface area contributed by atoms with Crippen LogP contribution in [0.25, 0.3) is 5.69 Å². The zero-order chi connectivity index (χ0) is 13.0. The predicted molar refractivity (Wildman–Crippen MR) is 63.0 cm³/mol. The number of hydrogen-bond acceptors (Lipinski definition) is 6. The van der Waals surface area contributed by atoms with Crippen LogP contribution < -0.4 is 5.73 Å². The van der Waals surface area contributed by atoms with Gasteiger partial charge in [-0.15, -0.1) is 5.10 Å². The van der Waals surface area contributed by atoms with Crippen molar-refractivity contribution in [3.05, 3.63) is 35.9 Å². The molecule has 0 aliphatic heterocycles. The van der Waals surface area contributed by atoms with Gasteiger partial charge in [0.05, 0.1) is 35.9 Å². The molecule has 0 unspecified atom stereocenters. The first-order chi connectivity index (χ1) is 8.74. The fraction of sp³-hybridized carbons (Fsp3) is 0.273. The lowest BCUT2D eigenvalue weighted by atomic mass is 10.2. The molecule has 0 spiro atoms. The van der Waals surface area contributed by atoms with Crippen molar-refractivity contribution >= 4 is 5.97 Å². The van der Waals surface area contributed by atoms with Gasteiger partial charge in [-0.1, -0.05) is 5.21 Å². The first kappa shape index (κ1) is 12.2. The highest BCUT2D eigenvalue weighted by molar-refractivity contribution is 5.89. The van der Waals surface area contributed by atoms with Gasteiger partial charge < -0.3 is 10.5 Å². The average molecular weight is 247 g/mol. The second-order valence-corrected chi connectivity index (χ2v) is 3.51. The van der Waals surface area contributed by atoms with Crippen LogP contribution in [0, 0.1) is 0 Å². The van der Waals surface area contributed by atoms with Crippen molar-refractivity contribution in [1.29, 1.82) is 0 Å². The van der Waals surface area contributed by atoms with E-state index in [0.29, 0.717) is 30.1 Å². The number of ether oxygens (including phenoxy) is 1. The van der Waals surface area contributed by atoms with E-state index in [1.165, 1.54) is 10.9 Å². The minimum atomic E-state index is -0.411. The van der Waals surface area contributed by atoms with Crippen molar-refractivity contribution in [2.75, 3.05) is 6.61 Å². The molecular formula is C11H13N5O2. The van der Waals surface area contributed by atoms with Crippen LogP contribution in [0.1, 0.15) is 23.0 Å². The monoisotopic (exact) mass is 247 g/mol. The summed E-state index contributed by atoms with van der Waals surface area (Å²) >= 11 is 0. The van der Waals surface area contributed by atoms with Gasteiger partial charge in [0.25, 0.3) is 0 Å². The SMILES string of the molecule is CCOC(=O)c1cncc(-n2cc(CN)nn2)c1. The van der Waals surface area contributed by atoms with Crippen LogP contribution >= 0.6 is 0 Å². The van der Waals surface area contributed by atoms with Crippen LogP contribution in [0.3, 0.4) is 0 Å². The van der Waals surface area contributed by atoms with Crippen molar-refractivity contribution in [2.45, 2.75) is 13.5 Å². The Bertz CT molecular complexity index is 552. The van der Waals surface area contributed by atoms with Crippen molar-refractivity contribution in [3.8, 4) is 5.69 Å². The summed E-state index contributed by atoms with van der Waals surface area (Å²) in [6, 6.07) is 1.64. The Labute approximate surface area is 104 Å². The molecule has 0 atom stereocenters. The Hall–Kier alpha value is -2.28. The van der Waals surface area contributed by atoms with Crippen molar-refractivity contribution in [2.24, 2.45) is 5.73 Å². The highest BCUT2D eigenvalue weighted by atomic mass is 16.5. The molecule has 0 aromatic carbocycles. The van der Waals surface area contributed by atoms with Gasteiger partial charge in [0.2, 0.25) is 0 Å². The van der Waals surface area contributed by atoms with Gasteiger partial charge >= 0.3 is 5.97 Å². The number of carbonyl (C=O) groups is 1. The molecular weight excluding hydrogens is 234 g/mol. The number of nitrogens with zero attached hydrogens (tertiary/aromatic N) is 4. The fourth-order valence-electron chi connectivity index (χ4n) is 1.40. The maximum Gasteiger partial charge on any atom is 0.339 e. The first-order valence-electron chi connectivity index (χ1n) is 5.48. The Balaban J connectivity index is 2.29. The molecule has 7 heteroatoms. The third kappa shape index (κ3) is 2.51. The molecule has 18 heavy (non-hydrogen) atoms. The van der Waals surface area contributed by atoms with Crippen LogP contribution in [0.5, 0.6) is 0 Å². The number of carbonyl (C=O) groups excluding carboxylic acids is 1. The quantitative estimate of drug-likeness (QED) is 0.780. The molecule has 0 saturated heterocycles. The molecule has 7 nitrogen and oxygen atoms in total. The molecule has 0 radical (unpaired) electrons. The highest BCUT2D eigenvalue weighted by Crippen LogP contribution is 2.09. The molecule has 2 aromatic heterocycles. The summed E-state index contributed by atoms with van der Waals surface area (Å²) in [5.41, 5.74) is 7.12. The summed E-state index contributed by atoms with van der Waals surface area (Å²) in [4.78, 5) is 15.5. The van der Waals surface area contributed by atoms with Crippen LogP contribution in [0.2, 0.25) is 0 Å². The minimum absolute atomic E-state index is 0.311. The smallest absolute Gasteiger partial charge is 0.339 e. The van der Waals surface area contributed by atoms with Crippen LogP contribution in [-0.4, -0.2) is 32.6 Å². The molecule has 0 fully saturated rings. The van der Waals surface area contributed by atoms with Crippen LogP contribution in [0.15, 0.2) is 24.7 Å². The van der Waals surface area contributed by atoms with Gasteiger partial charge in [-0.2, -0.15) is 0 Å². The van der Waals surface area contributed by atoms with Crippen molar-refractivity contribution in [1.82, 2.24) is 20.0 Å². The predicted octanol–water partition coefficient (Wildman–Crippen LogP) is 0.298. The Morgan fingerprint density at radius 1 is 1.50 bits per heavy atom. The van der Waals surface area contributed by atoms with E-state index in [4.69, 9.17) is 10.5 Å². The summed E-state index contributed by atoms with van der Waals surface area (Å²) in [5, 5.41) is 7.76. The summed E-state index contributed by atoms with van der Waals surface area (Å²) in [6.07, 6.45) is 4.71. The fourth-order valence-corrected chi connectivity index (χ4v) is 1.40. The van der Waals surface area contributed by atoms with E-state index in [0.717, 1.165) is 0 Å². The van der Waals surface area contributed by atoms with E-state index in [1.54, 1.807) is 25.4 Å². The standard InChI is InChI=1S/C11H13N5O2/c1-2-18-11(17)8-3-10(6-13-5-8)16-7-9(4-12)14-15-16/h3,5-7H,2,4,12H2,1H3. The number of nitrogens with two attached hydrogens (primary N) is 1. The zero-order valence-corrected chi connectivity index (χ0v) is 9.91. The summed E-state index contributed by atoms with van der Waals surface area (Å²) < 4.78 is 6.41. The number of esters is 1. The molecule has 0 aliphatic carbocycles. The van der Waals surface area contributed by atoms with Crippen LogP contribution in [0.4, 0.5) is 0 Å². The lowest BCUT2D eigenvalue weighted by Crippen LogP contribution is -2.06. The molecule has 0 bridgehead atoms. The Kier molecular flexibility index (Phi) is 3.63. The number of pyridine rings is 1. The van der Waals surface area contributed by atoms with Crippen molar-refractivity contribution < 1.29 is 9.53 Å². The van der Waals surface area contributed by atoms with E-state index < -0.39 is 5.97 Å². The second kappa shape index (κ2) is 5.37. The van der Waals surface area contributed by atoms with Gasteiger partial charge in [-0.25, -0.2) is 9.48 Å². The van der Waals surface area contributed by atoms with Gasteiger partial charge in [0.1, 0.15) is 0 Å². The van der Waals surface area contributed by atoms with Gasteiger partial charge in [0, 0.05) is 12.7 Å². The normalized spacial score (nSPS) is 10.3. The lowest BCUT2D eigenvalue weighted by molar-refractivity contribution is 0.0526. The van der Waals surface area contributed by atoms with Gasteiger partial charge in [-0.05, 0) is 13.0 Å². The summed E-state index contributed by atoms with van der Waals surface area (Å²) in [5.74, 6) is -0.411. The molecule has 0 aliphatic rings. The molecule has 2 heterocycles. The van der Waals surface area contributed by atoms with Crippen LogP contribution in [-0.2, 0) is 11.3 Å². The Morgan fingerprint density at radius 2 is 2.33 bits per heavy atom. The van der Waals surface area contributed by atoms with E-state index in [-0.39, 0.29) is 0 Å². The van der Waals surface area contributed by atoms with E-state index >= 15 is 0 Å². The second-order valence-electron chi connectivity index (χ2n) is 3.51. The van der Waals surface area contributed by atoms with Gasteiger partial charge in [-0.3, -0.25) is 4.98 Å². The molecule has 0 saturated carbocycles. The number of hydrogen-bond donors (Lipinski definition) is 1. The molecule has 2 rings (SSSR count). The van der Waals surface area contributed by atoms with Crippen molar-refractivity contribution in [3.63, 3.8) is 0 Å². The summed E-state index contributed by atoms with van der Waals surface area (Å²) in [6.45, 7) is 2.38. The van der Waals surface area contributed by atoms with E-state index in [9.17, 15) is 4.79 Å². The molecule has 2 aromatic rings. The third-order valence-corrected chi connectivity index (χ3v) is 2.25. The topological polar surface area (TPSA) is 95.9 Å². The molecule has 2 N–H and O–H groups in total.